The first kappa shape index (κ1) is 13.8. The molecule has 1 N–H and O–H groups in total. The summed E-state index contributed by atoms with van der Waals surface area (Å²) in [6.45, 7) is 4.42. The van der Waals surface area contributed by atoms with E-state index in [-0.39, 0.29) is 11.7 Å². The summed E-state index contributed by atoms with van der Waals surface area (Å²) in [4.78, 5) is 2.64. The van der Waals surface area contributed by atoms with Gasteiger partial charge >= 0.3 is 0 Å². The molecule has 2 aliphatic carbocycles. The molecule has 3 aliphatic rings. The van der Waals surface area contributed by atoms with Gasteiger partial charge in [0.2, 0.25) is 0 Å². The molecule has 1 heterocycles. The smallest absolute Gasteiger partial charge is 0.0789 e. The number of likely N-dealkylation sites (tertiary alicyclic amines) is 1. The maximum absolute atomic E-state index is 10.1. The van der Waals surface area contributed by atoms with Gasteiger partial charge in [-0.15, -0.1) is 0 Å². The van der Waals surface area contributed by atoms with Crippen LogP contribution in [-0.4, -0.2) is 48.0 Å². The summed E-state index contributed by atoms with van der Waals surface area (Å²) in [7, 11) is 1.84. The van der Waals surface area contributed by atoms with Gasteiger partial charge in [0.1, 0.15) is 0 Å². The van der Waals surface area contributed by atoms with Crippen molar-refractivity contribution in [3.05, 3.63) is 0 Å². The second kappa shape index (κ2) is 5.01. The van der Waals surface area contributed by atoms with Crippen molar-refractivity contribution in [2.75, 3.05) is 20.2 Å². The fraction of sp³-hybridized carbons (Fsp3) is 1.00. The van der Waals surface area contributed by atoms with E-state index in [0.717, 1.165) is 32.4 Å². The number of hydrogen-bond donors (Lipinski definition) is 1. The molecule has 0 aromatic carbocycles. The summed E-state index contributed by atoms with van der Waals surface area (Å²) >= 11 is 0. The molecular weight excluding hydrogens is 238 g/mol. The Morgan fingerprint density at radius 2 is 1.89 bits per heavy atom. The van der Waals surface area contributed by atoms with Crippen LogP contribution in [0.5, 0.6) is 0 Å². The van der Waals surface area contributed by atoms with Crippen LogP contribution in [0, 0.1) is 5.41 Å². The first-order valence-corrected chi connectivity index (χ1v) is 8.04. The van der Waals surface area contributed by atoms with Gasteiger partial charge in [0.15, 0.2) is 0 Å². The van der Waals surface area contributed by atoms with Crippen molar-refractivity contribution in [3.63, 3.8) is 0 Å². The van der Waals surface area contributed by atoms with Crippen molar-refractivity contribution in [2.24, 2.45) is 5.41 Å². The lowest BCUT2D eigenvalue weighted by Gasteiger charge is -2.48. The molecule has 0 aromatic rings. The second-order valence-electron chi connectivity index (χ2n) is 7.39. The standard InChI is InChI=1S/C16H29NO2/c1-15(19-2)9-10-17(12-15)14-11-13(18)5-8-16(14)6-3-4-7-16/h13-14,18H,3-12H2,1-2H3. The molecule has 0 bridgehead atoms. The molecule has 3 heteroatoms. The van der Waals surface area contributed by atoms with Crippen LogP contribution in [0.15, 0.2) is 0 Å². The van der Waals surface area contributed by atoms with Gasteiger partial charge in [-0.2, -0.15) is 0 Å². The zero-order valence-corrected chi connectivity index (χ0v) is 12.5. The van der Waals surface area contributed by atoms with Gasteiger partial charge in [-0.05, 0) is 50.9 Å². The van der Waals surface area contributed by atoms with Gasteiger partial charge in [0.05, 0.1) is 11.7 Å². The van der Waals surface area contributed by atoms with E-state index in [0.29, 0.717) is 11.5 Å². The van der Waals surface area contributed by atoms with Gasteiger partial charge in [-0.1, -0.05) is 12.8 Å². The van der Waals surface area contributed by atoms with E-state index < -0.39 is 0 Å². The molecule has 1 aliphatic heterocycles. The topological polar surface area (TPSA) is 32.7 Å². The number of aliphatic hydroxyl groups excluding tert-OH is 1. The Balaban J connectivity index is 1.76. The fourth-order valence-electron chi connectivity index (χ4n) is 4.85. The Hall–Kier alpha value is -0.120. The quantitative estimate of drug-likeness (QED) is 0.834. The summed E-state index contributed by atoms with van der Waals surface area (Å²) < 4.78 is 5.69. The summed E-state index contributed by atoms with van der Waals surface area (Å²) in [5.74, 6) is 0. The molecule has 3 atom stereocenters. The normalized spacial score (nSPS) is 43.1. The molecule has 110 valence electrons. The highest BCUT2D eigenvalue weighted by molar-refractivity contribution is 5.03. The van der Waals surface area contributed by atoms with Gasteiger partial charge in [-0.3, -0.25) is 4.90 Å². The van der Waals surface area contributed by atoms with Crippen molar-refractivity contribution < 1.29 is 9.84 Å². The van der Waals surface area contributed by atoms with Gasteiger partial charge in [0.25, 0.3) is 0 Å². The molecule has 3 fully saturated rings. The Morgan fingerprint density at radius 1 is 1.16 bits per heavy atom. The molecular formula is C16H29NO2. The summed E-state index contributed by atoms with van der Waals surface area (Å²) in [6.07, 6.45) is 9.83. The lowest BCUT2D eigenvalue weighted by Crippen LogP contribution is -2.51. The number of rotatable bonds is 2. The fourth-order valence-corrected chi connectivity index (χ4v) is 4.85. The van der Waals surface area contributed by atoms with Crippen LogP contribution < -0.4 is 0 Å². The van der Waals surface area contributed by atoms with Crippen LogP contribution in [0.2, 0.25) is 0 Å². The maximum Gasteiger partial charge on any atom is 0.0789 e. The third kappa shape index (κ3) is 2.45. The van der Waals surface area contributed by atoms with Crippen LogP contribution in [0.25, 0.3) is 0 Å². The lowest BCUT2D eigenvalue weighted by molar-refractivity contribution is -0.0368. The number of ether oxygens (including phenoxy) is 1. The Kier molecular flexibility index (Phi) is 3.65. The Morgan fingerprint density at radius 3 is 2.53 bits per heavy atom. The molecule has 3 unspecified atom stereocenters. The van der Waals surface area contributed by atoms with Crippen molar-refractivity contribution >= 4 is 0 Å². The van der Waals surface area contributed by atoms with E-state index in [1.165, 1.54) is 32.1 Å². The van der Waals surface area contributed by atoms with E-state index in [1.54, 1.807) is 0 Å². The average molecular weight is 267 g/mol. The largest absolute Gasteiger partial charge is 0.393 e. The van der Waals surface area contributed by atoms with Gasteiger partial charge in [-0.25, -0.2) is 0 Å². The van der Waals surface area contributed by atoms with Crippen LogP contribution in [0.4, 0.5) is 0 Å². The Labute approximate surface area is 117 Å². The van der Waals surface area contributed by atoms with Crippen LogP contribution in [-0.2, 0) is 4.74 Å². The highest BCUT2D eigenvalue weighted by Gasteiger charge is 2.49. The minimum Gasteiger partial charge on any atom is -0.393 e. The molecule has 1 spiro atoms. The SMILES string of the molecule is COC1(C)CCN(C2CC(O)CCC23CCCC3)C1. The van der Waals surface area contributed by atoms with Crippen LogP contribution in [0.3, 0.4) is 0 Å². The van der Waals surface area contributed by atoms with E-state index in [4.69, 9.17) is 4.74 Å². The third-order valence-electron chi connectivity index (χ3n) is 6.18. The second-order valence-corrected chi connectivity index (χ2v) is 7.39. The zero-order valence-electron chi connectivity index (χ0n) is 12.5. The lowest BCUT2D eigenvalue weighted by atomic mass is 9.67. The summed E-state index contributed by atoms with van der Waals surface area (Å²) in [5, 5.41) is 10.1. The molecule has 3 rings (SSSR count). The number of methoxy groups -OCH3 is 1. The Bertz CT molecular complexity index is 327. The van der Waals surface area contributed by atoms with Crippen molar-refractivity contribution in [2.45, 2.75) is 76.0 Å². The van der Waals surface area contributed by atoms with Crippen molar-refractivity contribution in [1.29, 1.82) is 0 Å². The molecule has 0 amide bonds. The number of aliphatic hydroxyl groups is 1. The molecule has 19 heavy (non-hydrogen) atoms. The monoisotopic (exact) mass is 267 g/mol. The summed E-state index contributed by atoms with van der Waals surface area (Å²) in [6, 6.07) is 0.593. The van der Waals surface area contributed by atoms with E-state index >= 15 is 0 Å². The van der Waals surface area contributed by atoms with Crippen LogP contribution in [0.1, 0.15) is 58.3 Å². The molecule has 1 saturated heterocycles. The molecule has 0 radical (unpaired) electrons. The number of nitrogens with zero attached hydrogens (tertiary/aromatic N) is 1. The first-order valence-electron chi connectivity index (χ1n) is 8.04. The highest BCUT2D eigenvalue weighted by Crippen LogP contribution is 2.51. The van der Waals surface area contributed by atoms with Crippen molar-refractivity contribution in [1.82, 2.24) is 4.90 Å². The summed E-state index contributed by atoms with van der Waals surface area (Å²) in [5.41, 5.74) is 0.542. The predicted octanol–water partition coefficient (Wildman–Crippen LogP) is 2.57. The van der Waals surface area contributed by atoms with Gasteiger partial charge < -0.3 is 9.84 Å². The van der Waals surface area contributed by atoms with E-state index in [1.807, 2.05) is 7.11 Å². The molecule has 0 aromatic heterocycles. The average Bonchev–Trinajstić information content (AvgIpc) is 3.02. The minimum atomic E-state index is -0.0781. The highest BCUT2D eigenvalue weighted by atomic mass is 16.5. The molecule has 3 nitrogen and oxygen atoms in total. The zero-order chi connectivity index (χ0) is 13.5. The van der Waals surface area contributed by atoms with E-state index in [2.05, 4.69) is 11.8 Å². The third-order valence-corrected chi connectivity index (χ3v) is 6.18. The van der Waals surface area contributed by atoms with Gasteiger partial charge in [0, 0.05) is 26.2 Å². The van der Waals surface area contributed by atoms with Crippen LogP contribution >= 0.6 is 0 Å². The molecule has 2 saturated carbocycles. The number of hydrogen-bond acceptors (Lipinski definition) is 3. The minimum absolute atomic E-state index is 0.0300. The first-order chi connectivity index (χ1) is 9.07. The van der Waals surface area contributed by atoms with Crippen molar-refractivity contribution in [3.8, 4) is 0 Å². The maximum atomic E-state index is 10.1. The predicted molar refractivity (Wildman–Crippen MR) is 76.2 cm³/mol. The van der Waals surface area contributed by atoms with E-state index in [9.17, 15) is 5.11 Å².